The van der Waals surface area contributed by atoms with Gasteiger partial charge in [0.15, 0.2) is 0 Å². The first-order chi connectivity index (χ1) is 6.42. The van der Waals surface area contributed by atoms with Gasteiger partial charge < -0.3 is 5.11 Å². The Bertz CT molecular complexity index is 323. The highest BCUT2D eigenvalue weighted by Gasteiger charge is 2.23. The van der Waals surface area contributed by atoms with Crippen LogP contribution in [0, 0.1) is 5.41 Å². The average Bonchev–Trinajstić information content (AvgIpc) is 2.08. The molecule has 0 amide bonds. The van der Waals surface area contributed by atoms with Crippen molar-refractivity contribution in [2.75, 3.05) is 0 Å². The molecule has 0 unspecified atom stereocenters. The molecule has 0 bridgehead atoms. The summed E-state index contributed by atoms with van der Waals surface area (Å²) in [7, 11) is 0. The zero-order valence-corrected chi connectivity index (χ0v) is 8.87. The Morgan fingerprint density at radius 2 is 1.79 bits per heavy atom. The third-order valence-corrected chi connectivity index (χ3v) is 2.54. The summed E-state index contributed by atoms with van der Waals surface area (Å²) in [4.78, 5) is 11.3. The van der Waals surface area contributed by atoms with Crippen molar-refractivity contribution in [2.45, 2.75) is 27.2 Å². The van der Waals surface area contributed by atoms with Crippen LogP contribution >= 0.6 is 0 Å². The third-order valence-electron chi connectivity index (χ3n) is 2.54. The minimum absolute atomic E-state index is 0.186. The second-order valence-electron chi connectivity index (χ2n) is 4.28. The lowest BCUT2D eigenvalue weighted by Gasteiger charge is -2.20. The Morgan fingerprint density at radius 3 is 2.21 bits per heavy atom. The predicted molar refractivity (Wildman–Crippen MR) is 56.3 cm³/mol. The van der Waals surface area contributed by atoms with E-state index in [0.29, 0.717) is 6.42 Å². The van der Waals surface area contributed by atoms with E-state index < -0.39 is 0 Å². The van der Waals surface area contributed by atoms with Gasteiger partial charge in [-0.05, 0) is 31.0 Å². The summed E-state index contributed by atoms with van der Waals surface area (Å²) in [6, 6.07) is 6.98. The minimum atomic E-state index is -0.322. The van der Waals surface area contributed by atoms with Gasteiger partial charge in [-0.25, -0.2) is 0 Å². The maximum atomic E-state index is 11.3. The van der Waals surface area contributed by atoms with Crippen molar-refractivity contribution in [3.63, 3.8) is 0 Å². The van der Waals surface area contributed by atoms with Crippen LogP contribution in [-0.2, 0) is 11.2 Å². The van der Waals surface area contributed by atoms with Gasteiger partial charge in [0.05, 0.1) is 0 Å². The first-order valence-electron chi connectivity index (χ1n) is 4.71. The number of benzene rings is 1. The summed E-state index contributed by atoms with van der Waals surface area (Å²) in [5.41, 5.74) is 0.750. The van der Waals surface area contributed by atoms with Crippen LogP contribution in [0.3, 0.4) is 0 Å². The SMILES string of the molecule is CC(=O)C(C)(C)Cc1ccc(O)cc1. The lowest BCUT2D eigenvalue weighted by molar-refractivity contribution is -0.124. The summed E-state index contributed by atoms with van der Waals surface area (Å²) in [5, 5.41) is 9.10. The first kappa shape index (κ1) is 10.8. The molecule has 0 heterocycles. The molecule has 0 saturated heterocycles. The molecule has 0 aromatic heterocycles. The molecule has 0 atom stereocenters. The molecule has 14 heavy (non-hydrogen) atoms. The van der Waals surface area contributed by atoms with Crippen molar-refractivity contribution < 1.29 is 9.90 Å². The van der Waals surface area contributed by atoms with Crippen LogP contribution in [0.2, 0.25) is 0 Å². The molecule has 1 aromatic carbocycles. The monoisotopic (exact) mass is 192 g/mol. The van der Waals surface area contributed by atoms with Gasteiger partial charge in [0.1, 0.15) is 11.5 Å². The second-order valence-corrected chi connectivity index (χ2v) is 4.28. The fourth-order valence-corrected chi connectivity index (χ4v) is 1.25. The Hall–Kier alpha value is -1.31. The highest BCUT2D eigenvalue weighted by atomic mass is 16.3. The highest BCUT2D eigenvalue weighted by molar-refractivity contribution is 5.81. The number of Topliss-reactive ketones (excluding diaryl/α,β-unsaturated/α-hetero) is 1. The van der Waals surface area contributed by atoms with E-state index in [1.165, 1.54) is 0 Å². The van der Waals surface area contributed by atoms with Crippen LogP contribution in [-0.4, -0.2) is 10.9 Å². The Kier molecular flexibility index (Phi) is 2.94. The molecular weight excluding hydrogens is 176 g/mol. The molecule has 2 nitrogen and oxygen atoms in total. The standard InChI is InChI=1S/C12H16O2/c1-9(13)12(2,3)8-10-4-6-11(14)7-5-10/h4-7,14H,8H2,1-3H3. The number of hydrogen-bond acceptors (Lipinski definition) is 2. The number of phenolic OH excluding ortho intramolecular Hbond substituents is 1. The molecule has 1 aromatic rings. The van der Waals surface area contributed by atoms with Gasteiger partial charge in [0.2, 0.25) is 0 Å². The lowest BCUT2D eigenvalue weighted by atomic mass is 9.82. The molecule has 1 rings (SSSR count). The van der Waals surface area contributed by atoms with E-state index >= 15 is 0 Å². The van der Waals surface area contributed by atoms with Crippen LogP contribution in [0.25, 0.3) is 0 Å². The van der Waals surface area contributed by atoms with Crippen molar-refractivity contribution in [3.8, 4) is 5.75 Å². The minimum Gasteiger partial charge on any atom is -0.508 e. The average molecular weight is 192 g/mol. The van der Waals surface area contributed by atoms with Gasteiger partial charge in [0.25, 0.3) is 0 Å². The van der Waals surface area contributed by atoms with Crippen LogP contribution in [0.4, 0.5) is 0 Å². The number of aromatic hydroxyl groups is 1. The molecule has 0 aliphatic heterocycles. The van der Waals surface area contributed by atoms with Gasteiger partial charge >= 0.3 is 0 Å². The molecule has 0 aliphatic rings. The summed E-state index contributed by atoms with van der Waals surface area (Å²) >= 11 is 0. The summed E-state index contributed by atoms with van der Waals surface area (Å²) in [6.45, 7) is 5.48. The fourth-order valence-electron chi connectivity index (χ4n) is 1.25. The molecule has 1 N–H and O–H groups in total. The van der Waals surface area contributed by atoms with Crippen LogP contribution in [0.15, 0.2) is 24.3 Å². The number of carbonyl (C=O) groups is 1. The van der Waals surface area contributed by atoms with E-state index in [-0.39, 0.29) is 16.9 Å². The summed E-state index contributed by atoms with van der Waals surface area (Å²) < 4.78 is 0. The molecule has 0 aliphatic carbocycles. The van der Waals surface area contributed by atoms with Crippen LogP contribution in [0.1, 0.15) is 26.3 Å². The smallest absolute Gasteiger partial charge is 0.135 e. The summed E-state index contributed by atoms with van der Waals surface area (Å²) in [6.07, 6.45) is 0.711. The molecule has 2 heteroatoms. The second kappa shape index (κ2) is 3.82. The van der Waals surface area contributed by atoms with Crippen molar-refractivity contribution >= 4 is 5.78 Å². The third kappa shape index (κ3) is 2.59. The first-order valence-corrected chi connectivity index (χ1v) is 4.71. The number of ketones is 1. The number of phenols is 1. The van der Waals surface area contributed by atoms with Crippen molar-refractivity contribution in [1.82, 2.24) is 0 Å². The van der Waals surface area contributed by atoms with E-state index in [1.807, 2.05) is 26.0 Å². The predicted octanol–water partition coefficient (Wildman–Crippen LogP) is 2.55. The van der Waals surface area contributed by atoms with Gasteiger partial charge in [-0.15, -0.1) is 0 Å². The lowest BCUT2D eigenvalue weighted by Crippen LogP contribution is -2.23. The van der Waals surface area contributed by atoms with Crippen LogP contribution in [0.5, 0.6) is 5.75 Å². The Labute approximate surface area is 84.6 Å². The Morgan fingerprint density at radius 1 is 1.29 bits per heavy atom. The van der Waals surface area contributed by atoms with Gasteiger partial charge in [0, 0.05) is 5.41 Å². The molecule has 0 fully saturated rings. The van der Waals surface area contributed by atoms with E-state index in [1.54, 1.807) is 19.1 Å². The molecule has 0 spiro atoms. The number of rotatable bonds is 3. The van der Waals surface area contributed by atoms with E-state index in [9.17, 15) is 4.79 Å². The van der Waals surface area contributed by atoms with Gasteiger partial charge in [-0.3, -0.25) is 4.79 Å². The zero-order valence-electron chi connectivity index (χ0n) is 8.87. The normalized spacial score (nSPS) is 11.4. The van der Waals surface area contributed by atoms with Crippen molar-refractivity contribution in [2.24, 2.45) is 5.41 Å². The summed E-state index contributed by atoms with van der Waals surface area (Å²) in [5.74, 6) is 0.444. The topological polar surface area (TPSA) is 37.3 Å². The molecular formula is C12H16O2. The van der Waals surface area contributed by atoms with E-state index in [0.717, 1.165) is 5.56 Å². The van der Waals surface area contributed by atoms with Gasteiger partial charge in [-0.1, -0.05) is 26.0 Å². The van der Waals surface area contributed by atoms with Gasteiger partial charge in [-0.2, -0.15) is 0 Å². The largest absolute Gasteiger partial charge is 0.508 e. The molecule has 76 valence electrons. The number of carbonyl (C=O) groups excluding carboxylic acids is 1. The maximum absolute atomic E-state index is 11.3. The van der Waals surface area contributed by atoms with E-state index in [4.69, 9.17) is 5.11 Å². The quantitative estimate of drug-likeness (QED) is 0.799. The fraction of sp³-hybridized carbons (Fsp3) is 0.417. The van der Waals surface area contributed by atoms with E-state index in [2.05, 4.69) is 0 Å². The molecule has 0 saturated carbocycles. The van der Waals surface area contributed by atoms with Crippen LogP contribution < -0.4 is 0 Å². The van der Waals surface area contributed by atoms with Crippen molar-refractivity contribution in [3.05, 3.63) is 29.8 Å². The molecule has 0 radical (unpaired) electrons. The van der Waals surface area contributed by atoms with Crippen molar-refractivity contribution in [1.29, 1.82) is 0 Å². The Balaban J connectivity index is 2.79. The maximum Gasteiger partial charge on any atom is 0.135 e. The highest BCUT2D eigenvalue weighted by Crippen LogP contribution is 2.23. The number of hydrogen-bond donors (Lipinski definition) is 1. The zero-order chi connectivity index (χ0) is 10.8.